The summed E-state index contributed by atoms with van der Waals surface area (Å²) in [7, 11) is 0. The largest absolute Gasteiger partial charge is 0.330 e. The molecular weight excluding hydrogens is 256 g/mol. The highest BCUT2D eigenvalue weighted by atomic mass is 32.1. The lowest BCUT2D eigenvalue weighted by Gasteiger charge is -2.24. The van der Waals surface area contributed by atoms with E-state index in [1.807, 2.05) is 0 Å². The Kier molecular flexibility index (Phi) is 4.48. The lowest BCUT2D eigenvalue weighted by molar-refractivity contribution is 0.214. The number of hydrogen-bond acceptors (Lipinski definition) is 5. The summed E-state index contributed by atoms with van der Waals surface area (Å²) in [6.45, 7) is 6.77. The molecule has 0 bridgehead atoms. The van der Waals surface area contributed by atoms with E-state index in [0.717, 1.165) is 19.0 Å². The van der Waals surface area contributed by atoms with Crippen LogP contribution in [0, 0.1) is 0 Å². The molecule has 2 aliphatic heterocycles. The first kappa shape index (κ1) is 13.5. The number of nitrogens with zero attached hydrogens (tertiary/aromatic N) is 3. The SMILES string of the molecule is NCCc1nc(CN2CCCN3CCCC3C2)cs1. The van der Waals surface area contributed by atoms with Gasteiger partial charge in [-0.25, -0.2) is 4.98 Å². The van der Waals surface area contributed by atoms with E-state index in [1.54, 1.807) is 11.3 Å². The summed E-state index contributed by atoms with van der Waals surface area (Å²) in [5.74, 6) is 0. The van der Waals surface area contributed by atoms with Gasteiger partial charge in [-0.1, -0.05) is 0 Å². The fourth-order valence-corrected chi connectivity index (χ4v) is 4.12. The summed E-state index contributed by atoms with van der Waals surface area (Å²) < 4.78 is 0. The fraction of sp³-hybridized carbons (Fsp3) is 0.786. The van der Waals surface area contributed by atoms with Gasteiger partial charge in [-0.3, -0.25) is 9.80 Å². The molecule has 0 spiro atoms. The van der Waals surface area contributed by atoms with Crippen LogP contribution < -0.4 is 5.73 Å². The van der Waals surface area contributed by atoms with E-state index in [9.17, 15) is 0 Å². The van der Waals surface area contributed by atoms with Crippen LogP contribution in [0.15, 0.2) is 5.38 Å². The first-order valence-electron chi connectivity index (χ1n) is 7.45. The summed E-state index contributed by atoms with van der Waals surface area (Å²) in [6.07, 6.45) is 4.99. The van der Waals surface area contributed by atoms with Crippen LogP contribution >= 0.6 is 11.3 Å². The Bertz CT molecular complexity index is 406. The van der Waals surface area contributed by atoms with Gasteiger partial charge in [0, 0.05) is 30.9 Å². The highest BCUT2D eigenvalue weighted by Gasteiger charge is 2.28. The van der Waals surface area contributed by atoms with Gasteiger partial charge in [0.2, 0.25) is 0 Å². The Morgan fingerprint density at radius 2 is 2.21 bits per heavy atom. The predicted molar refractivity (Wildman–Crippen MR) is 79.4 cm³/mol. The van der Waals surface area contributed by atoms with E-state index >= 15 is 0 Å². The Balaban J connectivity index is 1.58. The van der Waals surface area contributed by atoms with E-state index in [-0.39, 0.29) is 0 Å². The second kappa shape index (κ2) is 6.31. The lowest BCUT2D eigenvalue weighted by atomic mass is 10.2. The van der Waals surface area contributed by atoms with Crippen LogP contribution in [0.3, 0.4) is 0 Å². The molecule has 1 unspecified atom stereocenters. The Labute approximate surface area is 119 Å². The van der Waals surface area contributed by atoms with Crippen molar-refractivity contribution in [3.8, 4) is 0 Å². The van der Waals surface area contributed by atoms with Gasteiger partial charge in [0.25, 0.3) is 0 Å². The number of nitrogens with two attached hydrogens (primary N) is 1. The second-order valence-corrected chi connectivity index (χ2v) is 6.63. The summed E-state index contributed by atoms with van der Waals surface area (Å²) >= 11 is 1.76. The monoisotopic (exact) mass is 280 g/mol. The topological polar surface area (TPSA) is 45.4 Å². The van der Waals surface area contributed by atoms with Gasteiger partial charge < -0.3 is 5.73 Å². The first-order chi connectivity index (χ1) is 9.35. The van der Waals surface area contributed by atoms with Crippen molar-refractivity contribution in [2.45, 2.75) is 38.3 Å². The summed E-state index contributed by atoms with van der Waals surface area (Å²) in [5.41, 5.74) is 6.82. The lowest BCUT2D eigenvalue weighted by Crippen LogP contribution is -2.36. The Morgan fingerprint density at radius 3 is 3.11 bits per heavy atom. The highest BCUT2D eigenvalue weighted by molar-refractivity contribution is 7.09. The van der Waals surface area contributed by atoms with E-state index in [4.69, 9.17) is 10.7 Å². The van der Waals surface area contributed by atoms with Crippen LogP contribution in [0.25, 0.3) is 0 Å². The zero-order valence-corrected chi connectivity index (χ0v) is 12.4. The van der Waals surface area contributed by atoms with Gasteiger partial charge in [0.1, 0.15) is 0 Å². The smallest absolute Gasteiger partial charge is 0.0941 e. The molecule has 0 aliphatic carbocycles. The maximum Gasteiger partial charge on any atom is 0.0941 e. The van der Waals surface area contributed by atoms with Crippen LogP contribution in [0.4, 0.5) is 0 Å². The molecule has 3 rings (SSSR count). The number of rotatable bonds is 4. The van der Waals surface area contributed by atoms with Crippen LogP contribution in [0.1, 0.15) is 30.0 Å². The minimum absolute atomic E-state index is 0.702. The molecule has 3 heterocycles. The van der Waals surface area contributed by atoms with Crippen LogP contribution in [-0.2, 0) is 13.0 Å². The normalized spacial score (nSPS) is 25.4. The molecule has 106 valence electrons. The molecule has 2 fully saturated rings. The van der Waals surface area contributed by atoms with Gasteiger partial charge in [-0.15, -0.1) is 11.3 Å². The second-order valence-electron chi connectivity index (χ2n) is 5.69. The average Bonchev–Trinajstić information content (AvgIpc) is 2.97. The molecule has 2 N–H and O–H groups in total. The van der Waals surface area contributed by atoms with E-state index in [2.05, 4.69) is 15.2 Å². The summed E-state index contributed by atoms with van der Waals surface area (Å²) in [6, 6.07) is 0.796. The van der Waals surface area contributed by atoms with Crippen LogP contribution in [-0.4, -0.2) is 53.5 Å². The summed E-state index contributed by atoms with van der Waals surface area (Å²) in [4.78, 5) is 9.97. The van der Waals surface area contributed by atoms with Gasteiger partial charge in [0.05, 0.1) is 10.7 Å². The Hall–Kier alpha value is -0.490. The van der Waals surface area contributed by atoms with Crippen molar-refractivity contribution in [3.05, 3.63) is 16.1 Å². The minimum atomic E-state index is 0.702. The van der Waals surface area contributed by atoms with Gasteiger partial charge in [0.15, 0.2) is 0 Å². The minimum Gasteiger partial charge on any atom is -0.330 e. The van der Waals surface area contributed by atoms with Crippen molar-refractivity contribution in [3.63, 3.8) is 0 Å². The van der Waals surface area contributed by atoms with Crippen molar-refractivity contribution < 1.29 is 0 Å². The summed E-state index contributed by atoms with van der Waals surface area (Å²) in [5, 5.41) is 3.40. The molecule has 5 heteroatoms. The number of fused-ring (bicyclic) bond motifs is 1. The molecule has 2 aliphatic rings. The number of thiazole rings is 1. The van der Waals surface area contributed by atoms with Crippen molar-refractivity contribution in [2.75, 3.05) is 32.7 Å². The molecule has 1 atom stereocenters. The van der Waals surface area contributed by atoms with Crippen molar-refractivity contribution in [1.82, 2.24) is 14.8 Å². The van der Waals surface area contributed by atoms with Crippen molar-refractivity contribution in [2.24, 2.45) is 5.73 Å². The van der Waals surface area contributed by atoms with E-state index < -0.39 is 0 Å². The number of hydrogen-bond donors (Lipinski definition) is 1. The van der Waals surface area contributed by atoms with E-state index in [1.165, 1.54) is 56.1 Å². The van der Waals surface area contributed by atoms with Crippen LogP contribution in [0.2, 0.25) is 0 Å². The molecule has 1 aromatic rings. The molecule has 4 nitrogen and oxygen atoms in total. The maximum atomic E-state index is 5.58. The van der Waals surface area contributed by atoms with Crippen molar-refractivity contribution in [1.29, 1.82) is 0 Å². The van der Waals surface area contributed by atoms with Crippen LogP contribution in [0.5, 0.6) is 0 Å². The molecular formula is C14H24N4S. The molecule has 0 radical (unpaired) electrons. The third kappa shape index (κ3) is 3.34. The quantitative estimate of drug-likeness (QED) is 0.903. The Morgan fingerprint density at radius 1 is 1.32 bits per heavy atom. The maximum absolute atomic E-state index is 5.58. The number of aromatic nitrogens is 1. The fourth-order valence-electron chi connectivity index (χ4n) is 3.32. The molecule has 1 aromatic heterocycles. The zero-order chi connectivity index (χ0) is 13.1. The first-order valence-corrected chi connectivity index (χ1v) is 8.33. The average molecular weight is 280 g/mol. The predicted octanol–water partition coefficient (Wildman–Crippen LogP) is 1.31. The molecule has 0 saturated carbocycles. The molecule has 0 aromatic carbocycles. The molecule has 19 heavy (non-hydrogen) atoms. The van der Waals surface area contributed by atoms with Gasteiger partial charge in [-0.2, -0.15) is 0 Å². The third-order valence-corrected chi connectivity index (χ3v) is 5.19. The van der Waals surface area contributed by atoms with E-state index in [0.29, 0.717) is 6.54 Å². The van der Waals surface area contributed by atoms with Gasteiger partial charge in [-0.05, 0) is 45.4 Å². The van der Waals surface area contributed by atoms with Gasteiger partial charge >= 0.3 is 0 Å². The van der Waals surface area contributed by atoms with Crippen molar-refractivity contribution >= 4 is 11.3 Å². The molecule has 0 amide bonds. The zero-order valence-electron chi connectivity index (χ0n) is 11.6. The third-order valence-electron chi connectivity index (χ3n) is 4.23. The standard InChI is InChI=1S/C14H24N4S/c15-5-4-14-16-12(11-19-14)9-17-6-2-8-18-7-1-3-13(18)10-17/h11,13H,1-10,15H2. The molecule has 2 saturated heterocycles. The highest BCUT2D eigenvalue weighted by Crippen LogP contribution is 2.22.